The van der Waals surface area contributed by atoms with Crippen molar-refractivity contribution in [1.29, 1.82) is 0 Å². The van der Waals surface area contributed by atoms with E-state index in [1.165, 1.54) is 17.5 Å². The lowest BCUT2D eigenvalue weighted by Gasteiger charge is -2.33. The molecule has 1 fully saturated rings. The molecule has 0 radical (unpaired) electrons. The highest BCUT2D eigenvalue weighted by Gasteiger charge is 2.32. The predicted molar refractivity (Wildman–Crippen MR) is 178 cm³/mol. The van der Waals surface area contributed by atoms with Crippen molar-refractivity contribution in [1.82, 2.24) is 10.2 Å². The van der Waals surface area contributed by atoms with Gasteiger partial charge >= 0.3 is 0 Å². The second kappa shape index (κ2) is 15.8. The van der Waals surface area contributed by atoms with E-state index >= 15 is 0 Å². The van der Waals surface area contributed by atoms with Crippen LogP contribution >= 0.6 is 27.5 Å². The minimum Gasteiger partial charge on any atom is -0.495 e. The summed E-state index contributed by atoms with van der Waals surface area (Å²) in [5.41, 5.74) is 2.21. The summed E-state index contributed by atoms with van der Waals surface area (Å²) < 4.78 is 32.8. The molecule has 0 aliphatic heterocycles. The maximum Gasteiger partial charge on any atom is 0.243 e. The van der Waals surface area contributed by atoms with E-state index in [2.05, 4.69) is 21.2 Å². The van der Waals surface area contributed by atoms with Gasteiger partial charge in [-0.05, 0) is 60.7 Å². The molecule has 44 heavy (non-hydrogen) atoms. The lowest BCUT2D eigenvalue weighted by atomic mass is 10.0. The van der Waals surface area contributed by atoms with Crippen molar-refractivity contribution in [2.24, 2.45) is 0 Å². The Morgan fingerprint density at radius 2 is 1.73 bits per heavy atom. The minimum absolute atomic E-state index is 0.0475. The zero-order valence-electron chi connectivity index (χ0n) is 25.0. The van der Waals surface area contributed by atoms with Crippen molar-refractivity contribution in [3.8, 4) is 5.75 Å². The van der Waals surface area contributed by atoms with E-state index in [9.17, 15) is 18.0 Å². The molecule has 236 valence electrons. The van der Waals surface area contributed by atoms with E-state index in [4.69, 9.17) is 16.3 Å². The molecule has 0 heterocycles. The van der Waals surface area contributed by atoms with Gasteiger partial charge in [0.15, 0.2) is 0 Å². The summed E-state index contributed by atoms with van der Waals surface area (Å²) in [6, 6.07) is 21.5. The number of hydrogen-bond acceptors (Lipinski definition) is 5. The Balaban J connectivity index is 1.59. The van der Waals surface area contributed by atoms with Gasteiger partial charge in [0.05, 0.1) is 24.1 Å². The van der Waals surface area contributed by atoms with Gasteiger partial charge in [-0.2, -0.15) is 0 Å². The van der Waals surface area contributed by atoms with Crippen molar-refractivity contribution in [2.75, 3.05) is 24.2 Å². The zero-order chi connectivity index (χ0) is 31.7. The third kappa shape index (κ3) is 9.46. The van der Waals surface area contributed by atoms with Gasteiger partial charge in [-0.3, -0.25) is 13.9 Å². The molecule has 8 nitrogen and oxygen atoms in total. The fraction of sp³-hybridized carbons (Fsp3) is 0.394. The van der Waals surface area contributed by atoms with Crippen molar-refractivity contribution in [2.45, 2.75) is 63.6 Å². The Labute approximate surface area is 273 Å². The molecular formula is C33H39BrClN3O5S. The van der Waals surface area contributed by atoms with Crippen LogP contribution in [0.25, 0.3) is 0 Å². The number of hydrogen-bond donors (Lipinski definition) is 1. The SMILES string of the molecule is COc1ccc(N(CCCC(=O)N(Cc2cccc(Br)c2)C(Cc2ccccc2)C(=O)NC2CCCC2)S(C)(=O)=O)cc1Cl. The van der Waals surface area contributed by atoms with Gasteiger partial charge in [-0.1, -0.05) is 82.8 Å². The number of carbonyl (C=O) groups excluding carboxylic acids is 2. The molecule has 2 amide bonds. The lowest BCUT2D eigenvalue weighted by Crippen LogP contribution is -2.52. The summed E-state index contributed by atoms with van der Waals surface area (Å²) in [7, 11) is -2.18. The standard InChI is InChI=1S/C33H39BrClN3O5S/c1-43-31-18-17-28(22-29(31)35)38(44(2,41)42)19-9-16-32(39)37(23-25-12-8-13-26(34)20-25)30(21-24-10-4-3-5-11-24)33(40)36-27-14-6-7-15-27/h3-5,8,10-13,17-18,20,22,27,30H,6-7,9,14-16,19,21,23H2,1-2H3,(H,36,40). The van der Waals surface area contributed by atoms with Crippen LogP contribution in [0.5, 0.6) is 5.75 Å². The molecule has 1 saturated carbocycles. The molecule has 0 bridgehead atoms. The molecule has 3 aromatic carbocycles. The second-order valence-corrected chi connectivity index (χ2v) is 14.3. The number of carbonyl (C=O) groups is 2. The predicted octanol–water partition coefficient (Wildman–Crippen LogP) is 6.36. The number of sulfonamides is 1. The molecule has 0 spiro atoms. The first-order valence-corrected chi connectivity index (χ1v) is 17.8. The van der Waals surface area contributed by atoms with Crippen LogP contribution in [0.2, 0.25) is 5.02 Å². The highest BCUT2D eigenvalue weighted by molar-refractivity contribution is 9.10. The number of benzene rings is 3. The average molecular weight is 705 g/mol. The molecule has 3 aromatic rings. The summed E-state index contributed by atoms with van der Waals surface area (Å²) in [6.45, 7) is 0.299. The van der Waals surface area contributed by atoms with Crippen LogP contribution in [0.15, 0.2) is 77.3 Å². The van der Waals surface area contributed by atoms with Gasteiger partial charge in [0.1, 0.15) is 11.8 Å². The van der Waals surface area contributed by atoms with Gasteiger partial charge in [0.25, 0.3) is 0 Å². The third-order valence-electron chi connectivity index (χ3n) is 7.79. The molecule has 0 aromatic heterocycles. The van der Waals surface area contributed by atoms with E-state index in [-0.39, 0.29) is 48.8 Å². The molecular weight excluding hydrogens is 666 g/mol. The summed E-state index contributed by atoms with van der Waals surface area (Å²) in [5.74, 6) is 0.0333. The summed E-state index contributed by atoms with van der Waals surface area (Å²) >= 11 is 9.80. The number of nitrogens with one attached hydrogen (secondary N) is 1. The first-order valence-electron chi connectivity index (χ1n) is 14.7. The third-order valence-corrected chi connectivity index (χ3v) is 9.77. The van der Waals surface area contributed by atoms with Crippen LogP contribution in [-0.4, -0.2) is 57.1 Å². The van der Waals surface area contributed by atoms with Crippen LogP contribution in [0, 0.1) is 0 Å². The summed E-state index contributed by atoms with van der Waals surface area (Å²) in [6.07, 6.45) is 5.78. The highest BCUT2D eigenvalue weighted by Crippen LogP contribution is 2.30. The first-order chi connectivity index (χ1) is 21.0. The second-order valence-electron chi connectivity index (χ2n) is 11.1. The summed E-state index contributed by atoms with van der Waals surface area (Å²) in [4.78, 5) is 29.6. The molecule has 1 aliphatic carbocycles. The Morgan fingerprint density at radius 1 is 1.02 bits per heavy atom. The summed E-state index contributed by atoms with van der Waals surface area (Å²) in [5, 5.41) is 3.49. The number of halogens is 2. The van der Waals surface area contributed by atoms with E-state index in [1.807, 2.05) is 54.6 Å². The van der Waals surface area contributed by atoms with Crippen molar-refractivity contribution < 1.29 is 22.7 Å². The molecule has 1 atom stereocenters. The van der Waals surface area contributed by atoms with Crippen LogP contribution in [-0.2, 0) is 32.6 Å². The molecule has 4 rings (SSSR count). The van der Waals surface area contributed by atoms with E-state index < -0.39 is 16.1 Å². The van der Waals surface area contributed by atoms with Crippen molar-refractivity contribution in [3.05, 3.63) is 93.4 Å². The first kappa shape index (κ1) is 33.8. The largest absolute Gasteiger partial charge is 0.495 e. The zero-order valence-corrected chi connectivity index (χ0v) is 28.2. The van der Waals surface area contributed by atoms with Crippen LogP contribution in [0.3, 0.4) is 0 Å². The van der Waals surface area contributed by atoms with Gasteiger partial charge in [0.2, 0.25) is 21.8 Å². The van der Waals surface area contributed by atoms with Gasteiger partial charge in [-0.15, -0.1) is 0 Å². The Bertz CT molecular complexity index is 1530. The topological polar surface area (TPSA) is 96.0 Å². The van der Waals surface area contributed by atoms with E-state index in [0.29, 0.717) is 17.9 Å². The number of ether oxygens (including phenoxy) is 1. The van der Waals surface area contributed by atoms with E-state index in [1.54, 1.807) is 17.0 Å². The Morgan fingerprint density at radius 3 is 2.36 bits per heavy atom. The smallest absolute Gasteiger partial charge is 0.243 e. The Kier molecular flexibility index (Phi) is 12.1. The van der Waals surface area contributed by atoms with Crippen molar-refractivity contribution >= 4 is 55.1 Å². The Hall–Kier alpha value is -3.08. The number of amides is 2. The fourth-order valence-corrected chi connectivity index (χ4v) is 7.22. The lowest BCUT2D eigenvalue weighted by molar-refractivity contribution is -0.141. The van der Waals surface area contributed by atoms with Gasteiger partial charge in [-0.25, -0.2) is 8.42 Å². The normalized spacial score (nSPS) is 14.2. The van der Waals surface area contributed by atoms with E-state index in [0.717, 1.165) is 47.5 Å². The average Bonchev–Trinajstić information content (AvgIpc) is 3.50. The minimum atomic E-state index is -3.67. The maximum absolute atomic E-state index is 14.0. The molecule has 1 unspecified atom stereocenters. The molecule has 1 aliphatic rings. The monoisotopic (exact) mass is 703 g/mol. The molecule has 11 heteroatoms. The number of methoxy groups -OCH3 is 1. The van der Waals surface area contributed by atoms with Crippen LogP contribution in [0.4, 0.5) is 5.69 Å². The molecule has 0 saturated heterocycles. The number of anilines is 1. The van der Waals surface area contributed by atoms with Gasteiger partial charge in [0, 0.05) is 36.4 Å². The quantitative estimate of drug-likeness (QED) is 0.211. The van der Waals surface area contributed by atoms with Crippen LogP contribution < -0.4 is 14.4 Å². The van der Waals surface area contributed by atoms with Crippen LogP contribution in [0.1, 0.15) is 49.7 Å². The fourth-order valence-electron chi connectivity index (χ4n) is 5.57. The van der Waals surface area contributed by atoms with Gasteiger partial charge < -0.3 is 15.0 Å². The highest BCUT2D eigenvalue weighted by atomic mass is 79.9. The van der Waals surface area contributed by atoms with Crippen molar-refractivity contribution in [3.63, 3.8) is 0 Å². The maximum atomic E-state index is 14.0. The number of nitrogens with zero attached hydrogens (tertiary/aromatic N) is 2. The molecule has 1 N–H and O–H groups in total. The number of rotatable bonds is 14.